The van der Waals surface area contributed by atoms with Gasteiger partial charge in [0.2, 0.25) is 0 Å². The summed E-state index contributed by atoms with van der Waals surface area (Å²) < 4.78 is 10.5. The van der Waals surface area contributed by atoms with E-state index in [4.69, 9.17) is 9.47 Å². The number of aryl methyl sites for hydroxylation is 1. The fourth-order valence-corrected chi connectivity index (χ4v) is 2.33. The molecule has 7 heteroatoms. The lowest BCUT2D eigenvalue weighted by Gasteiger charge is -2.12. The van der Waals surface area contributed by atoms with Crippen molar-refractivity contribution in [2.45, 2.75) is 20.3 Å². The van der Waals surface area contributed by atoms with Gasteiger partial charge in [-0.15, -0.1) is 0 Å². The van der Waals surface area contributed by atoms with Gasteiger partial charge in [-0.3, -0.25) is 14.9 Å². The van der Waals surface area contributed by atoms with Crippen LogP contribution in [0.25, 0.3) is 0 Å². The molecule has 0 unspecified atom stereocenters. The number of nitro benzene ring substituents is 1. The Balaban J connectivity index is 2.38. The molecule has 25 heavy (non-hydrogen) atoms. The van der Waals surface area contributed by atoms with E-state index in [1.165, 1.54) is 19.2 Å². The van der Waals surface area contributed by atoms with Crippen LogP contribution in [0.4, 0.5) is 11.4 Å². The van der Waals surface area contributed by atoms with Crippen LogP contribution in [-0.4, -0.2) is 24.5 Å². The minimum absolute atomic E-state index is 0.0891. The minimum atomic E-state index is -0.618. The van der Waals surface area contributed by atoms with Crippen LogP contribution in [0.1, 0.15) is 29.8 Å². The molecule has 0 bridgehead atoms. The van der Waals surface area contributed by atoms with Gasteiger partial charge < -0.3 is 14.8 Å². The molecule has 0 aromatic heterocycles. The molecular formula is C18H20N2O5. The Labute approximate surface area is 145 Å². The van der Waals surface area contributed by atoms with E-state index in [9.17, 15) is 14.9 Å². The molecule has 0 atom stereocenters. The summed E-state index contributed by atoms with van der Waals surface area (Å²) in [6, 6.07) is 9.83. The number of nitro groups is 1. The molecule has 1 N–H and O–H groups in total. The van der Waals surface area contributed by atoms with Gasteiger partial charge in [0.1, 0.15) is 5.56 Å². The van der Waals surface area contributed by atoms with Crippen molar-refractivity contribution in [3.05, 3.63) is 57.6 Å². The number of nitrogens with zero attached hydrogens (tertiary/aromatic N) is 1. The quantitative estimate of drug-likeness (QED) is 0.609. The molecule has 0 radical (unpaired) electrons. The average molecular weight is 344 g/mol. The Morgan fingerprint density at radius 2 is 1.84 bits per heavy atom. The Kier molecular flexibility index (Phi) is 5.94. The van der Waals surface area contributed by atoms with Gasteiger partial charge in [-0.2, -0.15) is 0 Å². The third-order valence-corrected chi connectivity index (χ3v) is 3.64. The highest BCUT2D eigenvalue weighted by Gasteiger charge is 2.24. The molecule has 0 saturated carbocycles. The second-order valence-electron chi connectivity index (χ2n) is 5.21. The summed E-state index contributed by atoms with van der Waals surface area (Å²) >= 11 is 0. The molecule has 0 aliphatic heterocycles. The van der Waals surface area contributed by atoms with Crippen LogP contribution in [-0.2, 0) is 6.42 Å². The van der Waals surface area contributed by atoms with Gasteiger partial charge in [0, 0.05) is 11.8 Å². The van der Waals surface area contributed by atoms with E-state index in [0.29, 0.717) is 12.3 Å². The number of methoxy groups -OCH3 is 1. The number of anilines is 1. The molecule has 2 aromatic rings. The maximum atomic E-state index is 12.5. The van der Waals surface area contributed by atoms with E-state index in [-0.39, 0.29) is 22.7 Å². The van der Waals surface area contributed by atoms with E-state index in [0.717, 1.165) is 12.0 Å². The number of amides is 1. The van der Waals surface area contributed by atoms with Crippen molar-refractivity contribution in [3.8, 4) is 11.5 Å². The monoisotopic (exact) mass is 344 g/mol. The predicted octanol–water partition coefficient (Wildman–Crippen LogP) is 3.82. The van der Waals surface area contributed by atoms with E-state index in [1.54, 1.807) is 19.1 Å². The number of rotatable bonds is 7. The summed E-state index contributed by atoms with van der Waals surface area (Å²) in [6.45, 7) is 4.15. The van der Waals surface area contributed by atoms with Crippen LogP contribution in [0, 0.1) is 10.1 Å². The zero-order valence-electron chi connectivity index (χ0n) is 14.4. The maximum Gasteiger partial charge on any atom is 0.286 e. The SMILES string of the molecule is CCOc1cc(C(=O)Nc2ccc(CC)cc2)c([N+](=O)[O-])cc1OC. The summed E-state index contributed by atoms with van der Waals surface area (Å²) in [5.74, 6) is -0.0981. The smallest absolute Gasteiger partial charge is 0.286 e. The summed E-state index contributed by atoms with van der Waals surface area (Å²) in [4.78, 5) is 23.2. The lowest BCUT2D eigenvalue weighted by Crippen LogP contribution is -2.14. The Morgan fingerprint density at radius 3 is 2.36 bits per heavy atom. The summed E-state index contributed by atoms with van der Waals surface area (Å²) in [6.07, 6.45) is 0.885. The summed E-state index contributed by atoms with van der Waals surface area (Å²) in [7, 11) is 1.39. The summed E-state index contributed by atoms with van der Waals surface area (Å²) in [5.41, 5.74) is 1.26. The first-order chi connectivity index (χ1) is 12.0. The van der Waals surface area contributed by atoms with Crippen LogP contribution in [0.3, 0.4) is 0 Å². The van der Waals surface area contributed by atoms with Crippen LogP contribution >= 0.6 is 0 Å². The minimum Gasteiger partial charge on any atom is -0.493 e. The van der Waals surface area contributed by atoms with Crippen molar-refractivity contribution < 1.29 is 19.2 Å². The lowest BCUT2D eigenvalue weighted by atomic mass is 10.1. The third-order valence-electron chi connectivity index (χ3n) is 3.64. The standard InChI is InChI=1S/C18H20N2O5/c1-4-12-6-8-13(9-7-12)19-18(21)14-10-17(25-5-2)16(24-3)11-15(14)20(22)23/h6-11H,4-5H2,1-3H3,(H,19,21). The topological polar surface area (TPSA) is 90.7 Å². The molecule has 0 aliphatic rings. The van der Waals surface area contributed by atoms with Gasteiger partial charge in [0.05, 0.1) is 24.7 Å². The largest absolute Gasteiger partial charge is 0.493 e. The van der Waals surface area contributed by atoms with E-state index in [1.807, 2.05) is 19.1 Å². The van der Waals surface area contributed by atoms with Crippen LogP contribution < -0.4 is 14.8 Å². The van der Waals surface area contributed by atoms with Gasteiger partial charge >= 0.3 is 0 Å². The molecule has 1 amide bonds. The number of hydrogen-bond acceptors (Lipinski definition) is 5. The molecule has 2 aromatic carbocycles. The number of carbonyl (C=O) groups excluding carboxylic acids is 1. The van der Waals surface area contributed by atoms with Gasteiger partial charge in [-0.1, -0.05) is 19.1 Å². The highest BCUT2D eigenvalue weighted by Crippen LogP contribution is 2.35. The molecule has 0 fully saturated rings. The molecular weight excluding hydrogens is 324 g/mol. The molecule has 0 aliphatic carbocycles. The number of hydrogen-bond donors (Lipinski definition) is 1. The normalized spacial score (nSPS) is 10.2. The van der Waals surface area contributed by atoms with E-state index in [2.05, 4.69) is 5.32 Å². The summed E-state index contributed by atoms with van der Waals surface area (Å²) in [5, 5.41) is 14.0. The zero-order chi connectivity index (χ0) is 18.4. The van der Waals surface area contributed by atoms with Crippen LogP contribution in [0.2, 0.25) is 0 Å². The number of nitrogens with one attached hydrogen (secondary N) is 1. The van der Waals surface area contributed by atoms with Crippen LogP contribution in [0.5, 0.6) is 11.5 Å². The van der Waals surface area contributed by atoms with Crippen LogP contribution in [0.15, 0.2) is 36.4 Å². The van der Waals surface area contributed by atoms with Crippen molar-refractivity contribution in [2.24, 2.45) is 0 Å². The molecule has 0 heterocycles. The zero-order valence-corrected chi connectivity index (χ0v) is 14.4. The molecule has 132 valence electrons. The number of ether oxygens (including phenoxy) is 2. The first kappa shape index (κ1) is 18.3. The van der Waals surface area contributed by atoms with Gasteiger partial charge in [-0.25, -0.2) is 0 Å². The Hall–Kier alpha value is -3.09. The number of benzene rings is 2. The maximum absolute atomic E-state index is 12.5. The second kappa shape index (κ2) is 8.14. The van der Waals surface area contributed by atoms with Gasteiger partial charge in [0.25, 0.3) is 11.6 Å². The first-order valence-corrected chi connectivity index (χ1v) is 7.89. The molecule has 2 rings (SSSR count). The lowest BCUT2D eigenvalue weighted by molar-refractivity contribution is -0.385. The molecule has 0 spiro atoms. The van der Waals surface area contributed by atoms with E-state index < -0.39 is 10.8 Å². The second-order valence-corrected chi connectivity index (χ2v) is 5.21. The highest BCUT2D eigenvalue weighted by molar-refractivity contribution is 6.07. The van der Waals surface area contributed by atoms with Crippen molar-refractivity contribution in [3.63, 3.8) is 0 Å². The third kappa shape index (κ3) is 4.26. The van der Waals surface area contributed by atoms with Crippen molar-refractivity contribution in [2.75, 3.05) is 19.0 Å². The molecule has 7 nitrogen and oxygen atoms in total. The Morgan fingerprint density at radius 1 is 1.16 bits per heavy atom. The average Bonchev–Trinajstić information content (AvgIpc) is 2.62. The van der Waals surface area contributed by atoms with Crippen molar-refractivity contribution >= 4 is 17.3 Å². The fraction of sp³-hybridized carbons (Fsp3) is 0.278. The molecule has 0 saturated heterocycles. The van der Waals surface area contributed by atoms with Crippen molar-refractivity contribution in [1.29, 1.82) is 0 Å². The van der Waals surface area contributed by atoms with Crippen molar-refractivity contribution in [1.82, 2.24) is 0 Å². The van der Waals surface area contributed by atoms with E-state index >= 15 is 0 Å². The van der Waals surface area contributed by atoms with Gasteiger partial charge in [0.15, 0.2) is 11.5 Å². The number of carbonyl (C=O) groups is 1. The fourth-order valence-electron chi connectivity index (χ4n) is 2.33. The Bertz CT molecular complexity index is 772. The first-order valence-electron chi connectivity index (χ1n) is 7.89. The highest BCUT2D eigenvalue weighted by atomic mass is 16.6. The predicted molar refractivity (Wildman–Crippen MR) is 94.6 cm³/mol. The van der Waals surface area contributed by atoms with Gasteiger partial charge in [-0.05, 0) is 31.0 Å².